The summed E-state index contributed by atoms with van der Waals surface area (Å²) in [4.78, 5) is 14.4. The van der Waals surface area contributed by atoms with Crippen LogP contribution in [0.4, 0.5) is 0 Å². The Labute approximate surface area is 121 Å². The first-order valence-corrected chi connectivity index (χ1v) is 7.55. The molecule has 1 saturated carbocycles. The molecule has 116 valence electrons. The fourth-order valence-corrected chi connectivity index (χ4v) is 3.45. The van der Waals surface area contributed by atoms with E-state index in [1.807, 2.05) is 4.90 Å². The SMILES string of the molecule is COC1CCCC1C1COCCN1C(=O)CC(C)(C)O. The number of morpholine rings is 1. The van der Waals surface area contributed by atoms with Gasteiger partial charge in [-0.1, -0.05) is 6.42 Å². The van der Waals surface area contributed by atoms with Gasteiger partial charge in [0.2, 0.25) is 5.91 Å². The van der Waals surface area contributed by atoms with Gasteiger partial charge in [-0.25, -0.2) is 0 Å². The van der Waals surface area contributed by atoms with E-state index in [1.165, 1.54) is 0 Å². The van der Waals surface area contributed by atoms with E-state index in [4.69, 9.17) is 9.47 Å². The fraction of sp³-hybridized carbons (Fsp3) is 0.933. The molecular weight excluding hydrogens is 258 g/mol. The van der Waals surface area contributed by atoms with Gasteiger partial charge in [0.15, 0.2) is 0 Å². The second-order valence-corrected chi connectivity index (χ2v) is 6.59. The molecule has 20 heavy (non-hydrogen) atoms. The van der Waals surface area contributed by atoms with Crippen LogP contribution in [0.1, 0.15) is 39.5 Å². The van der Waals surface area contributed by atoms with Crippen LogP contribution in [-0.2, 0) is 14.3 Å². The summed E-state index contributed by atoms with van der Waals surface area (Å²) in [6.45, 7) is 5.13. The number of nitrogens with zero attached hydrogens (tertiary/aromatic N) is 1. The molecule has 1 aliphatic heterocycles. The van der Waals surface area contributed by atoms with E-state index in [0.717, 1.165) is 19.3 Å². The lowest BCUT2D eigenvalue weighted by Crippen LogP contribution is -2.54. The monoisotopic (exact) mass is 285 g/mol. The second kappa shape index (κ2) is 6.41. The molecule has 1 aliphatic carbocycles. The molecule has 0 spiro atoms. The molecule has 5 heteroatoms. The number of hydrogen-bond donors (Lipinski definition) is 1. The number of carbonyl (C=O) groups excluding carboxylic acids is 1. The van der Waals surface area contributed by atoms with Crippen LogP contribution in [0.3, 0.4) is 0 Å². The third-order valence-electron chi connectivity index (χ3n) is 4.37. The van der Waals surface area contributed by atoms with Crippen LogP contribution in [0, 0.1) is 5.92 Å². The Hall–Kier alpha value is -0.650. The minimum atomic E-state index is -0.962. The number of amides is 1. The third-order valence-corrected chi connectivity index (χ3v) is 4.37. The number of carbonyl (C=O) groups is 1. The van der Waals surface area contributed by atoms with Crippen molar-refractivity contribution in [2.45, 2.75) is 57.3 Å². The maximum absolute atomic E-state index is 12.4. The van der Waals surface area contributed by atoms with Crippen LogP contribution in [0.15, 0.2) is 0 Å². The summed E-state index contributed by atoms with van der Waals surface area (Å²) in [5, 5.41) is 9.87. The van der Waals surface area contributed by atoms with Crippen molar-refractivity contribution in [3.05, 3.63) is 0 Å². The fourth-order valence-electron chi connectivity index (χ4n) is 3.45. The van der Waals surface area contributed by atoms with Gasteiger partial charge in [-0.2, -0.15) is 0 Å². The van der Waals surface area contributed by atoms with Gasteiger partial charge in [-0.3, -0.25) is 4.79 Å². The van der Waals surface area contributed by atoms with Gasteiger partial charge >= 0.3 is 0 Å². The molecule has 2 rings (SSSR count). The lowest BCUT2D eigenvalue weighted by molar-refractivity contribution is -0.148. The van der Waals surface area contributed by atoms with Crippen molar-refractivity contribution in [2.24, 2.45) is 5.92 Å². The molecule has 0 radical (unpaired) electrons. The molecule has 1 heterocycles. The average molecular weight is 285 g/mol. The summed E-state index contributed by atoms with van der Waals surface area (Å²) >= 11 is 0. The quantitative estimate of drug-likeness (QED) is 0.843. The summed E-state index contributed by atoms with van der Waals surface area (Å²) < 4.78 is 11.1. The highest BCUT2D eigenvalue weighted by atomic mass is 16.5. The molecule has 0 aromatic rings. The van der Waals surface area contributed by atoms with Crippen LogP contribution < -0.4 is 0 Å². The maximum atomic E-state index is 12.4. The Morgan fingerprint density at radius 1 is 1.45 bits per heavy atom. The highest BCUT2D eigenvalue weighted by Crippen LogP contribution is 2.34. The normalized spacial score (nSPS) is 31.6. The van der Waals surface area contributed by atoms with Crippen molar-refractivity contribution in [2.75, 3.05) is 26.9 Å². The maximum Gasteiger partial charge on any atom is 0.225 e. The van der Waals surface area contributed by atoms with E-state index in [9.17, 15) is 9.90 Å². The standard InChI is InChI=1S/C15H27NO4/c1-15(2,18)9-14(17)16-7-8-20-10-12(16)11-5-4-6-13(11)19-3/h11-13,18H,4-10H2,1-3H3. The van der Waals surface area contributed by atoms with Crippen molar-refractivity contribution < 1.29 is 19.4 Å². The topological polar surface area (TPSA) is 59.0 Å². The molecule has 0 bridgehead atoms. The highest BCUT2D eigenvalue weighted by molar-refractivity contribution is 5.77. The molecule has 0 aromatic carbocycles. The summed E-state index contributed by atoms with van der Waals surface area (Å²) in [6, 6.07) is 0.0889. The van der Waals surface area contributed by atoms with Gasteiger partial charge in [0.1, 0.15) is 0 Å². The smallest absolute Gasteiger partial charge is 0.225 e. The van der Waals surface area contributed by atoms with Crippen molar-refractivity contribution in [1.29, 1.82) is 0 Å². The molecule has 1 N–H and O–H groups in total. The van der Waals surface area contributed by atoms with Crippen molar-refractivity contribution >= 4 is 5.91 Å². The van der Waals surface area contributed by atoms with E-state index in [2.05, 4.69) is 0 Å². The molecule has 5 nitrogen and oxygen atoms in total. The number of hydrogen-bond acceptors (Lipinski definition) is 4. The summed E-state index contributed by atoms with van der Waals surface area (Å²) in [7, 11) is 1.75. The molecule has 2 fully saturated rings. The molecule has 0 aromatic heterocycles. The van der Waals surface area contributed by atoms with Gasteiger partial charge in [0.05, 0.1) is 37.4 Å². The minimum Gasteiger partial charge on any atom is -0.390 e. The van der Waals surface area contributed by atoms with E-state index >= 15 is 0 Å². The Morgan fingerprint density at radius 2 is 2.20 bits per heavy atom. The largest absolute Gasteiger partial charge is 0.390 e. The Bertz CT molecular complexity index is 339. The van der Waals surface area contributed by atoms with Gasteiger partial charge < -0.3 is 19.5 Å². The van der Waals surface area contributed by atoms with E-state index in [-0.39, 0.29) is 24.5 Å². The Balaban J connectivity index is 2.07. The van der Waals surface area contributed by atoms with Crippen molar-refractivity contribution in [3.63, 3.8) is 0 Å². The third kappa shape index (κ3) is 3.71. The Kier molecular flexibility index (Phi) is 5.04. The summed E-state index contributed by atoms with van der Waals surface area (Å²) in [5.74, 6) is 0.374. The first-order valence-electron chi connectivity index (χ1n) is 7.55. The lowest BCUT2D eigenvalue weighted by atomic mass is 9.93. The van der Waals surface area contributed by atoms with Crippen LogP contribution in [0.5, 0.6) is 0 Å². The number of methoxy groups -OCH3 is 1. The summed E-state index contributed by atoms with van der Waals surface area (Å²) in [5.41, 5.74) is -0.962. The number of aliphatic hydroxyl groups is 1. The average Bonchev–Trinajstić information content (AvgIpc) is 2.84. The molecular formula is C15H27NO4. The van der Waals surface area contributed by atoms with Crippen LogP contribution in [0.2, 0.25) is 0 Å². The van der Waals surface area contributed by atoms with E-state index in [1.54, 1.807) is 21.0 Å². The number of ether oxygens (including phenoxy) is 2. The Morgan fingerprint density at radius 3 is 2.85 bits per heavy atom. The van der Waals surface area contributed by atoms with Crippen molar-refractivity contribution in [3.8, 4) is 0 Å². The van der Waals surface area contributed by atoms with Gasteiger partial charge in [0, 0.05) is 19.6 Å². The van der Waals surface area contributed by atoms with Crippen LogP contribution in [-0.4, -0.2) is 60.5 Å². The molecule has 1 saturated heterocycles. The zero-order valence-corrected chi connectivity index (χ0v) is 12.8. The lowest BCUT2D eigenvalue weighted by Gasteiger charge is -2.41. The molecule has 3 atom stereocenters. The van der Waals surface area contributed by atoms with Gasteiger partial charge in [0.25, 0.3) is 0 Å². The predicted molar refractivity (Wildman–Crippen MR) is 75.4 cm³/mol. The minimum absolute atomic E-state index is 0.0209. The molecule has 2 aliphatic rings. The highest BCUT2D eigenvalue weighted by Gasteiger charge is 2.40. The van der Waals surface area contributed by atoms with E-state index in [0.29, 0.717) is 25.7 Å². The van der Waals surface area contributed by atoms with Crippen LogP contribution in [0.25, 0.3) is 0 Å². The van der Waals surface area contributed by atoms with Gasteiger partial charge in [-0.05, 0) is 26.7 Å². The molecule has 3 unspecified atom stereocenters. The predicted octanol–water partition coefficient (Wildman–Crippen LogP) is 1.19. The zero-order valence-electron chi connectivity index (χ0n) is 12.8. The zero-order chi connectivity index (χ0) is 14.8. The van der Waals surface area contributed by atoms with E-state index < -0.39 is 5.60 Å². The first-order chi connectivity index (χ1) is 9.42. The van der Waals surface area contributed by atoms with Crippen LogP contribution >= 0.6 is 0 Å². The second-order valence-electron chi connectivity index (χ2n) is 6.59. The van der Waals surface area contributed by atoms with Crippen molar-refractivity contribution in [1.82, 2.24) is 4.90 Å². The number of rotatable bonds is 4. The summed E-state index contributed by atoms with van der Waals surface area (Å²) in [6.07, 6.45) is 3.67. The van der Waals surface area contributed by atoms with Gasteiger partial charge in [-0.15, -0.1) is 0 Å². The molecule has 1 amide bonds. The first kappa shape index (κ1) is 15.7.